The fourth-order valence-corrected chi connectivity index (χ4v) is 4.01. The van der Waals surface area contributed by atoms with Crippen molar-refractivity contribution in [2.45, 2.75) is 64.2 Å². The number of aliphatic imine (C=N–C) groups is 1. The minimum absolute atomic E-state index is 0.00629. The predicted molar refractivity (Wildman–Crippen MR) is 139 cm³/mol. The Bertz CT molecular complexity index is 1200. The number of alkyl carbamates (subject to hydrolysis) is 2. The lowest BCUT2D eigenvalue weighted by Gasteiger charge is -2.22. The number of nitrogens with zero attached hydrogens (tertiary/aromatic N) is 1. The molecule has 12 heteroatoms. The highest BCUT2D eigenvalue weighted by Crippen LogP contribution is 2.20. The van der Waals surface area contributed by atoms with E-state index in [1.165, 1.54) is 12.1 Å². The maximum atomic E-state index is 12.7. The monoisotopic (exact) mass is 538 g/mol. The van der Waals surface area contributed by atoms with Gasteiger partial charge in [-0.25, -0.2) is 23.0 Å². The number of carbonyl (C=O) groups is 2. The summed E-state index contributed by atoms with van der Waals surface area (Å²) in [6.45, 7) is 10.2. The van der Waals surface area contributed by atoms with Gasteiger partial charge in [0.25, 0.3) is 10.0 Å². The first-order chi connectivity index (χ1) is 16.5. The zero-order valence-electron chi connectivity index (χ0n) is 21.0. The third kappa shape index (κ3) is 10.5. The van der Waals surface area contributed by atoms with Gasteiger partial charge in [0.2, 0.25) is 5.96 Å². The van der Waals surface area contributed by atoms with Crippen LogP contribution in [0.3, 0.4) is 0 Å². The Kier molecular flexibility index (Phi) is 9.33. The number of rotatable bonds is 5. The van der Waals surface area contributed by atoms with Gasteiger partial charge in [-0.15, -0.1) is 0 Å². The first-order valence-corrected chi connectivity index (χ1v) is 12.8. The number of nitrogens with one attached hydrogen (secondary N) is 3. The zero-order chi connectivity index (χ0) is 27.1. The third-order valence-corrected chi connectivity index (χ3v) is 5.56. The summed E-state index contributed by atoms with van der Waals surface area (Å²) < 4.78 is 38.3. The summed E-state index contributed by atoms with van der Waals surface area (Å²) >= 11 is 5.91. The van der Waals surface area contributed by atoms with Crippen molar-refractivity contribution in [3.05, 3.63) is 59.1 Å². The minimum Gasteiger partial charge on any atom is -0.444 e. The highest BCUT2D eigenvalue weighted by atomic mass is 35.5. The topological polar surface area (TPSA) is 135 Å². The molecule has 0 fully saturated rings. The summed E-state index contributed by atoms with van der Waals surface area (Å²) in [5.41, 5.74) is -0.647. The van der Waals surface area contributed by atoms with E-state index in [4.69, 9.17) is 21.1 Å². The van der Waals surface area contributed by atoms with Crippen LogP contribution < -0.4 is 15.4 Å². The molecule has 0 aromatic heterocycles. The molecule has 0 radical (unpaired) electrons. The molecule has 2 aromatic rings. The molecule has 0 aliphatic rings. The molecule has 0 aliphatic heterocycles. The molecular formula is C24H31ClN4O6S. The Hall–Kier alpha value is -3.31. The largest absolute Gasteiger partial charge is 0.444 e. The second-order valence-corrected chi connectivity index (χ2v) is 11.8. The lowest BCUT2D eigenvalue weighted by Crippen LogP contribution is -2.47. The number of amides is 2. The van der Waals surface area contributed by atoms with Crippen molar-refractivity contribution >= 4 is 45.5 Å². The Balaban J connectivity index is 2.21. The summed E-state index contributed by atoms with van der Waals surface area (Å²) in [6, 6.07) is 12.4. The Morgan fingerprint density at radius 2 is 1.44 bits per heavy atom. The average Bonchev–Trinajstić information content (AvgIpc) is 2.69. The van der Waals surface area contributed by atoms with E-state index >= 15 is 0 Å². The molecule has 0 unspecified atom stereocenters. The van der Waals surface area contributed by atoms with Crippen LogP contribution in [0.15, 0.2) is 58.4 Å². The van der Waals surface area contributed by atoms with Crippen LogP contribution in [-0.2, 0) is 26.0 Å². The standard InChI is InChI=1S/C24H31ClN4O6S/c1-23(2,3)34-21(30)27-20(28-22(31)35-24(4,5)6)26-15-16-9-7-11-18(13-16)29-36(32,33)19-12-8-10-17(25)14-19/h7-14,29H,15H2,1-6H3,(H2,26,27,28,30,31). The summed E-state index contributed by atoms with van der Waals surface area (Å²) in [5.74, 6) is -0.191. The van der Waals surface area contributed by atoms with Crippen LogP contribution >= 0.6 is 11.6 Å². The fraction of sp³-hybridized carbons (Fsp3) is 0.375. The smallest absolute Gasteiger partial charge is 0.414 e. The van der Waals surface area contributed by atoms with Crippen molar-refractivity contribution in [2.24, 2.45) is 4.99 Å². The summed E-state index contributed by atoms with van der Waals surface area (Å²) in [6.07, 6.45) is -1.64. The first-order valence-electron chi connectivity index (χ1n) is 10.9. The molecule has 2 rings (SSSR count). The van der Waals surface area contributed by atoms with Crippen molar-refractivity contribution in [2.75, 3.05) is 4.72 Å². The Labute approximate surface area is 216 Å². The number of halogens is 1. The van der Waals surface area contributed by atoms with Crippen molar-refractivity contribution in [3.63, 3.8) is 0 Å². The molecule has 2 aromatic carbocycles. The second-order valence-electron chi connectivity index (χ2n) is 9.68. The molecular weight excluding hydrogens is 508 g/mol. The van der Waals surface area contributed by atoms with Crippen LogP contribution in [0, 0.1) is 0 Å². The fourth-order valence-electron chi connectivity index (χ4n) is 2.66. The van der Waals surface area contributed by atoms with E-state index in [1.807, 2.05) is 0 Å². The van der Waals surface area contributed by atoms with Gasteiger partial charge in [-0.1, -0.05) is 29.8 Å². The lowest BCUT2D eigenvalue weighted by molar-refractivity contribution is 0.0545. The quantitative estimate of drug-likeness (QED) is 0.360. The van der Waals surface area contributed by atoms with Gasteiger partial charge in [-0.05, 0) is 77.4 Å². The Morgan fingerprint density at radius 1 is 0.889 bits per heavy atom. The van der Waals surface area contributed by atoms with Crippen molar-refractivity contribution in [3.8, 4) is 0 Å². The predicted octanol–water partition coefficient (Wildman–Crippen LogP) is 5.05. The molecule has 0 heterocycles. The van der Waals surface area contributed by atoms with E-state index in [2.05, 4.69) is 20.3 Å². The molecule has 0 saturated carbocycles. The number of sulfonamides is 1. The van der Waals surface area contributed by atoms with Crippen LogP contribution in [0.4, 0.5) is 15.3 Å². The number of ether oxygens (including phenoxy) is 2. The SMILES string of the molecule is CC(C)(C)OC(=O)NC(=NCc1cccc(NS(=O)(=O)c2cccc(Cl)c2)c1)NC(=O)OC(C)(C)C. The molecule has 2 amide bonds. The van der Waals surface area contributed by atoms with Gasteiger partial charge < -0.3 is 9.47 Å². The highest BCUT2D eigenvalue weighted by Gasteiger charge is 2.21. The first kappa shape index (κ1) is 28.9. The zero-order valence-corrected chi connectivity index (χ0v) is 22.6. The van der Waals surface area contributed by atoms with Gasteiger partial charge in [0.15, 0.2) is 0 Å². The van der Waals surface area contributed by atoms with Crippen molar-refractivity contribution in [1.29, 1.82) is 0 Å². The number of hydrogen-bond donors (Lipinski definition) is 3. The molecule has 36 heavy (non-hydrogen) atoms. The number of benzene rings is 2. The summed E-state index contributed by atoms with van der Waals surface area (Å²) in [5, 5.41) is 5.08. The number of anilines is 1. The van der Waals surface area contributed by atoms with E-state index in [-0.39, 0.29) is 17.4 Å². The van der Waals surface area contributed by atoms with Crippen molar-refractivity contribution in [1.82, 2.24) is 10.6 Å². The molecule has 3 N–H and O–H groups in total. The molecule has 0 saturated heterocycles. The normalized spacial score (nSPS) is 11.8. The van der Waals surface area contributed by atoms with E-state index in [1.54, 1.807) is 77.9 Å². The van der Waals surface area contributed by atoms with Crippen LogP contribution in [0.25, 0.3) is 0 Å². The van der Waals surface area contributed by atoms with E-state index < -0.39 is 33.4 Å². The summed E-state index contributed by atoms with van der Waals surface area (Å²) in [4.78, 5) is 28.7. The van der Waals surface area contributed by atoms with Crippen molar-refractivity contribution < 1.29 is 27.5 Å². The highest BCUT2D eigenvalue weighted by molar-refractivity contribution is 7.92. The lowest BCUT2D eigenvalue weighted by atomic mass is 10.2. The van der Waals surface area contributed by atoms with Gasteiger partial charge in [0, 0.05) is 10.7 Å². The number of guanidine groups is 1. The summed E-state index contributed by atoms with van der Waals surface area (Å²) in [7, 11) is -3.87. The maximum Gasteiger partial charge on any atom is 0.414 e. The molecule has 10 nitrogen and oxygen atoms in total. The van der Waals surface area contributed by atoms with E-state index in [0.717, 1.165) is 0 Å². The maximum absolute atomic E-state index is 12.7. The molecule has 0 aliphatic carbocycles. The van der Waals surface area contributed by atoms with Gasteiger partial charge >= 0.3 is 12.2 Å². The van der Waals surface area contributed by atoms with Gasteiger partial charge in [0.1, 0.15) is 11.2 Å². The molecule has 0 spiro atoms. The third-order valence-electron chi connectivity index (χ3n) is 3.94. The number of carbonyl (C=O) groups excluding carboxylic acids is 2. The second kappa shape index (κ2) is 11.6. The molecule has 196 valence electrons. The van der Waals surface area contributed by atoms with Crippen LogP contribution in [-0.4, -0.2) is 37.8 Å². The van der Waals surface area contributed by atoms with E-state index in [0.29, 0.717) is 16.3 Å². The average molecular weight is 539 g/mol. The molecule has 0 atom stereocenters. The number of hydrogen-bond acceptors (Lipinski definition) is 7. The van der Waals surface area contributed by atoms with E-state index in [9.17, 15) is 18.0 Å². The Morgan fingerprint density at radius 3 is 1.97 bits per heavy atom. The van der Waals surface area contributed by atoms with Gasteiger partial charge in [-0.2, -0.15) is 0 Å². The van der Waals surface area contributed by atoms with Crippen LogP contribution in [0.2, 0.25) is 5.02 Å². The van der Waals surface area contributed by atoms with Crippen LogP contribution in [0.5, 0.6) is 0 Å². The van der Waals surface area contributed by atoms with Gasteiger partial charge in [-0.3, -0.25) is 15.4 Å². The van der Waals surface area contributed by atoms with Crippen LogP contribution in [0.1, 0.15) is 47.1 Å². The minimum atomic E-state index is -3.87. The van der Waals surface area contributed by atoms with Gasteiger partial charge in [0.05, 0.1) is 11.4 Å². The molecule has 0 bridgehead atoms.